The zero-order chi connectivity index (χ0) is 8.91. The quantitative estimate of drug-likeness (QED) is 0.712. The summed E-state index contributed by atoms with van der Waals surface area (Å²) in [6, 6.07) is 0. The molecule has 1 unspecified atom stereocenters. The van der Waals surface area contributed by atoms with E-state index >= 15 is 0 Å². The Kier molecular flexibility index (Phi) is 6.01. The maximum Gasteiger partial charge on any atom is 0.244 e. The average Bonchev–Trinajstić information content (AvgIpc) is 1.84. The van der Waals surface area contributed by atoms with E-state index in [9.17, 15) is 4.89 Å². The van der Waals surface area contributed by atoms with Crippen LogP contribution in [0.2, 0.25) is 0 Å². The van der Waals surface area contributed by atoms with Crippen LogP contribution >= 0.6 is 17.1 Å². The number of rotatable bonds is 5. The molecule has 5 heteroatoms. The van der Waals surface area contributed by atoms with Crippen molar-refractivity contribution in [2.45, 2.75) is 20.8 Å². The van der Waals surface area contributed by atoms with Gasteiger partial charge in [0.25, 0.3) is 0 Å². The second kappa shape index (κ2) is 5.55. The van der Waals surface area contributed by atoms with E-state index in [1.165, 1.54) is 11.4 Å². The first-order valence-corrected chi connectivity index (χ1v) is 7.86. The maximum atomic E-state index is 9.43. The zero-order valence-corrected chi connectivity index (χ0v) is 9.64. The van der Waals surface area contributed by atoms with Gasteiger partial charge in [-0.3, -0.25) is 0 Å². The molecule has 0 aromatic carbocycles. The highest BCUT2D eigenvalue weighted by Gasteiger charge is 2.13. The van der Waals surface area contributed by atoms with E-state index in [1.54, 1.807) is 0 Å². The van der Waals surface area contributed by atoms with Crippen LogP contribution in [0, 0.1) is 5.92 Å². The van der Waals surface area contributed by atoms with Crippen molar-refractivity contribution in [3.05, 3.63) is 0 Å². The van der Waals surface area contributed by atoms with Gasteiger partial charge in [0.2, 0.25) is 5.69 Å². The van der Waals surface area contributed by atoms with E-state index < -0.39 is 5.69 Å². The summed E-state index contributed by atoms with van der Waals surface area (Å²) < 4.78 is 5.02. The summed E-state index contributed by atoms with van der Waals surface area (Å²) in [7, 11) is 0. The standard InChI is InChI=1S/C6H15O2PS2/c1-4-8-9(7,10)11-5-6(2)3/h6H,4-5H2,1-3H3,(H,7,10). The van der Waals surface area contributed by atoms with Crippen LogP contribution in [0.4, 0.5) is 0 Å². The minimum Gasteiger partial charge on any atom is -0.337 e. The molecule has 1 atom stereocenters. The lowest BCUT2D eigenvalue weighted by molar-refractivity contribution is 0.340. The minimum absolute atomic E-state index is 0.499. The lowest BCUT2D eigenvalue weighted by atomic mass is 10.3. The van der Waals surface area contributed by atoms with Gasteiger partial charge in [0.05, 0.1) is 6.61 Å². The van der Waals surface area contributed by atoms with Crippen molar-refractivity contribution in [2.75, 3.05) is 12.4 Å². The van der Waals surface area contributed by atoms with Gasteiger partial charge in [-0.25, -0.2) is 0 Å². The van der Waals surface area contributed by atoms with Crippen LogP contribution in [-0.4, -0.2) is 17.3 Å². The summed E-state index contributed by atoms with van der Waals surface area (Å²) in [6.07, 6.45) is 0. The smallest absolute Gasteiger partial charge is 0.244 e. The highest BCUT2D eigenvalue weighted by Crippen LogP contribution is 2.56. The molecule has 0 aromatic heterocycles. The summed E-state index contributed by atoms with van der Waals surface area (Å²) in [5, 5.41) is 0. The third-order valence-electron chi connectivity index (χ3n) is 0.863. The molecule has 68 valence electrons. The highest BCUT2D eigenvalue weighted by atomic mass is 32.9. The Balaban J connectivity index is 3.64. The molecule has 0 saturated heterocycles. The summed E-state index contributed by atoms with van der Waals surface area (Å²) in [5.41, 5.74) is -2.50. The lowest BCUT2D eigenvalue weighted by Crippen LogP contribution is -1.92. The molecule has 1 N–H and O–H groups in total. The first-order valence-electron chi connectivity index (χ1n) is 3.60. The zero-order valence-electron chi connectivity index (χ0n) is 7.11. The van der Waals surface area contributed by atoms with Gasteiger partial charge < -0.3 is 9.42 Å². The van der Waals surface area contributed by atoms with Crippen molar-refractivity contribution in [3.63, 3.8) is 0 Å². The Labute approximate surface area is 77.6 Å². The Bertz CT molecular complexity index is 150. The molecule has 0 amide bonds. The van der Waals surface area contributed by atoms with Crippen molar-refractivity contribution in [3.8, 4) is 0 Å². The van der Waals surface area contributed by atoms with Crippen LogP contribution in [0.25, 0.3) is 0 Å². The van der Waals surface area contributed by atoms with Gasteiger partial charge in [0, 0.05) is 5.75 Å². The molecule has 0 heterocycles. The molecule has 0 radical (unpaired) electrons. The average molecular weight is 214 g/mol. The predicted molar refractivity (Wildman–Crippen MR) is 55.4 cm³/mol. The van der Waals surface area contributed by atoms with Gasteiger partial charge in [-0.05, 0) is 24.6 Å². The summed E-state index contributed by atoms with van der Waals surface area (Å²) in [4.78, 5) is 9.43. The van der Waals surface area contributed by atoms with Crippen molar-refractivity contribution in [1.82, 2.24) is 0 Å². The van der Waals surface area contributed by atoms with Crippen LogP contribution < -0.4 is 0 Å². The Morgan fingerprint density at radius 3 is 2.55 bits per heavy atom. The monoisotopic (exact) mass is 214 g/mol. The van der Waals surface area contributed by atoms with Gasteiger partial charge in [0.1, 0.15) is 0 Å². The van der Waals surface area contributed by atoms with Gasteiger partial charge in [-0.2, -0.15) is 0 Å². The van der Waals surface area contributed by atoms with Crippen LogP contribution in [-0.2, 0) is 16.3 Å². The number of hydrogen-bond donors (Lipinski definition) is 1. The fourth-order valence-corrected chi connectivity index (χ4v) is 4.19. The third-order valence-corrected chi connectivity index (χ3v) is 5.60. The summed E-state index contributed by atoms with van der Waals surface area (Å²) in [6.45, 7) is 6.52. The van der Waals surface area contributed by atoms with Crippen LogP contribution in [0.1, 0.15) is 20.8 Å². The van der Waals surface area contributed by atoms with E-state index in [4.69, 9.17) is 16.3 Å². The molecule has 0 aliphatic heterocycles. The molecule has 0 rings (SSSR count). The largest absolute Gasteiger partial charge is 0.337 e. The molecule has 11 heavy (non-hydrogen) atoms. The number of hydrogen-bond acceptors (Lipinski definition) is 3. The normalized spacial score (nSPS) is 16.8. The Hall–Kier alpha value is 0.920. The van der Waals surface area contributed by atoms with E-state index in [1.807, 2.05) is 6.92 Å². The van der Waals surface area contributed by atoms with E-state index in [2.05, 4.69) is 13.8 Å². The van der Waals surface area contributed by atoms with Crippen molar-refractivity contribution in [2.24, 2.45) is 5.92 Å². The topological polar surface area (TPSA) is 29.5 Å². The molecular formula is C6H15O2PS2. The minimum atomic E-state index is -2.50. The third kappa shape index (κ3) is 7.29. The van der Waals surface area contributed by atoms with Crippen molar-refractivity contribution >= 4 is 28.9 Å². The van der Waals surface area contributed by atoms with Crippen LogP contribution in [0.15, 0.2) is 0 Å². The van der Waals surface area contributed by atoms with Gasteiger partial charge in [-0.15, -0.1) is 0 Å². The molecular weight excluding hydrogens is 199 g/mol. The molecule has 0 fully saturated rings. The first kappa shape index (κ1) is 11.9. The fraction of sp³-hybridized carbons (Fsp3) is 1.00. The molecule has 0 spiro atoms. The second-order valence-corrected chi connectivity index (χ2v) is 8.80. The van der Waals surface area contributed by atoms with Gasteiger partial charge in [0.15, 0.2) is 0 Å². The van der Waals surface area contributed by atoms with E-state index in [-0.39, 0.29) is 0 Å². The highest BCUT2D eigenvalue weighted by molar-refractivity contribution is 8.67. The van der Waals surface area contributed by atoms with Crippen LogP contribution in [0.3, 0.4) is 0 Å². The SMILES string of the molecule is CCOP(O)(=S)SCC(C)C. The lowest BCUT2D eigenvalue weighted by Gasteiger charge is -2.14. The molecule has 2 nitrogen and oxygen atoms in total. The maximum absolute atomic E-state index is 9.43. The summed E-state index contributed by atoms with van der Waals surface area (Å²) >= 11 is 6.24. The molecule has 0 aliphatic rings. The van der Waals surface area contributed by atoms with Crippen molar-refractivity contribution in [1.29, 1.82) is 0 Å². The molecule has 0 aliphatic carbocycles. The first-order chi connectivity index (χ1) is 4.98. The van der Waals surface area contributed by atoms with E-state index in [0.717, 1.165) is 5.75 Å². The molecule has 0 aromatic rings. The van der Waals surface area contributed by atoms with E-state index in [0.29, 0.717) is 12.5 Å². The van der Waals surface area contributed by atoms with Gasteiger partial charge >= 0.3 is 0 Å². The Morgan fingerprint density at radius 2 is 2.18 bits per heavy atom. The fourth-order valence-electron chi connectivity index (χ4n) is 0.444. The van der Waals surface area contributed by atoms with Crippen molar-refractivity contribution < 1.29 is 9.42 Å². The second-order valence-electron chi connectivity index (χ2n) is 2.58. The predicted octanol–water partition coefficient (Wildman–Crippen LogP) is 2.63. The Morgan fingerprint density at radius 1 is 1.64 bits per heavy atom. The molecule has 0 saturated carbocycles. The van der Waals surface area contributed by atoms with Gasteiger partial charge in [-0.1, -0.05) is 25.2 Å². The molecule has 0 bridgehead atoms. The van der Waals surface area contributed by atoms with Crippen LogP contribution in [0.5, 0.6) is 0 Å². The summed E-state index contributed by atoms with van der Waals surface area (Å²) in [5.74, 6) is 1.42.